The van der Waals surface area contributed by atoms with Gasteiger partial charge in [-0.25, -0.2) is 5.43 Å². The smallest absolute Gasteiger partial charge is 0.281 e. The van der Waals surface area contributed by atoms with Crippen LogP contribution in [0.15, 0.2) is 88.4 Å². The number of nitrogens with zero attached hydrogens (tertiary/aromatic N) is 1. The zero-order valence-corrected chi connectivity index (χ0v) is 17.5. The second-order valence-corrected chi connectivity index (χ2v) is 7.11. The molecule has 0 aliphatic heterocycles. The summed E-state index contributed by atoms with van der Waals surface area (Å²) < 4.78 is 12.5. The quantitative estimate of drug-likeness (QED) is 0.360. The highest BCUT2D eigenvalue weighted by Crippen LogP contribution is 2.21. The lowest BCUT2D eigenvalue weighted by atomic mass is 10.2. The van der Waals surface area contributed by atoms with Gasteiger partial charge in [-0.1, -0.05) is 59.3 Å². The van der Waals surface area contributed by atoms with E-state index in [4.69, 9.17) is 9.47 Å². The van der Waals surface area contributed by atoms with Crippen LogP contribution in [0.25, 0.3) is 0 Å². The molecule has 1 atom stereocenters. The van der Waals surface area contributed by atoms with Gasteiger partial charge in [0.15, 0.2) is 6.10 Å². The second-order valence-electron chi connectivity index (χ2n) is 6.19. The first kappa shape index (κ1) is 20.6. The lowest BCUT2D eigenvalue weighted by Crippen LogP contribution is -2.35. The fourth-order valence-corrected chi connectivity index (χ4v) is 2.93. The molecule has 3 aromatic rings. The summed E-state index contributed by atoms with van der Waals surface area (Å²) >= 11 is 3.39. The van der Waals surface area contributed by atoms with Gasteiger partial charge in [-0.15, -0.1) is 0 Å². The number of hydrogen-bond acceptors (Lipinski definition) is 4. The summed E-state index contributed by atoms with van der Waals surface area (Å²) in [7, 11) is 0. The lowest BCUT2D eigenvalue weighted by Gasteiger charge is -2.15. The van der Waals surface area contributed by atoms with Crippen LogP contribution in [0.1, 0.15) is 18.9 Å². The first-order valence-corrected chi connectivity index (χ1v) is 10.0. The van der Waals surface area contributed by atoms with Crippen molar-refractivity contribution < 1.29 is 14.3 Å². The lowest BCUT2D eigenvalue weighted by molar-refractivity contribution is -0.128. The van der Waals surface area contributed by atoms with E-state index in [9.17, 15) is 4.79 Å². The van der Waals surface area contributed by atoms with Gasteiger partial charge in [0, 0.05) is 4.47 Å². The van der Waals surface area contributed by atoms with Crippen LogP contribution in [0.5, 0.6) is 17.2 Å². The highest BCUT2D eigenvalue weighted by Gasteiger charge is 2.17. The zero-order chi connectivity index (χ0) is 20.5. The van der Waals surface area contributed by atoms with Gasteiger partial charge < -0.3 is 9.47 Å². The average Bonchev–Trinajstić information content (AvgIpc) is 2.73. The molecule has 148 valence electrons. The third-order valence-electron chi connectivity index (χ3n) is 3.96. The van der Waals surface area contributed by atoms with Crippen molar-refractivity contribution in [1.82, 2.24) is 5.43 Å². The molecule has 0 aliphatic rings. The molecular formula is C23H21BrN2O3. The number of nitrogens with one attached hydrogen (secondary N) is 1. The Bertz CT molecular complexity index is 977. The molecule has 0 radical (unpaired) electrons. The van der Waals surface area contributed by atoms with E-state index in [1.807, 2.05) is 85.8 Å². The molecule has 6 heteroatoms. The molecule has 1 N–H and O–H groups in total. The van der Waals surface area contributed by atoms with Gasteiger partial charge in [0.1, 0.15) is 17.2 Å². The highest BCUT2D eigenvalue weighted by molar-refractivity contribution is 9.10. The SMILES string of the molecule is CCC(Oc1cccc(Br)c1)C(=O)NN=Cc1cccc(Oc2ccccc2)c1. The van der Waals surface area contributed by atoms with Crippen molar-refractivity contribution in [3.63, 3.8) is 0 Å². The van der Waals surface area contributed by atoms with E-state index in [1.165, 1.54) is 0 Å². The minimum Gasteiger partial charge on any atom is -0.481 e. The number of hydrogen-bond donors (Lipinski definition) is 1. The van der Waals surface area contributed by atoms with E-state index < -0.39 is 6.10 Å². The fourth-order valence-electron chi connectivity index (χ4n) is 2.55. The van der Waals surface area contributed by atoms with Crippen LogP contribution >= 0.6 is 15.9 Å². The summed E-state index contributed by atoms with van der Waals surface area (Å²) in [6.45, 7) is 1.89. The van der Waals surface area contributed by atoms with E-state index in [-0.39, 0.29) is 5.91 Å². The molecule has 0 fully saturated rings. The van der Waals surface area contributed by atoms with Gasteiger partial charge >= 0.3 is 0 Å². The van der Waals surface area contributed by atoms with E-state index in [0.717, 1.165) is 15.8 Å². The summed E-state index contributed by atoms with van der Waals surface area (Å²) in [6.07, 6.45) is 1.46. The van der Waals surface area contributed by atoms with Gasteiger partial charge in [0.05, 0.1) is 6.21 Å². The topological polar surface area (TPSA) is 59.9 Å². The maximum Gasteiger partial charge on any atom is 0.281 e. The third kappa shape index (κ3) is 6.47. The van der Waals surface area contributed by atoms with Crippen LogP contribution < -0.4 is 14.9 Å². The molecule has 0 saturated heterocycles. The van der Waals surface area contributed by atoms with Gasteiger partial charge in [-0.3, -0.25) is 4.79 Å². The van der Waals surface area contributed by atoms with Crippen LogP contribution in [-0.4, -0.2) is 18.2 Å². The number of halogens is 1. The Morgan fingerprint density at radius 3 is 2.48 bits per heavy atom. The Labute approximate surface area is 178 Å². The highest BCUT2D eigenvalue weighted by atomic mass is 79.9. The summed E-state index contributed by atoms with van der Waals surface area (Å²) in [5.74, 6) is 1.76. The largest absolute Gasteiger partial charge is 0.481 e. The predicted molar refractivity (Wildman–Crippen MR) is 118 cm³/mol. The van der Waals surface area contributed by atoms with E-state index in [1.54, 1.807) is 6.21 Å². The molecule has 5 nitrogen and oxygen atoms in total. The summed E-state index contributed by atoms with van der Waals surface area (Å²) in [5.41, 5.74) is 3.34. The van der Waals surface area contributed by atoms with E-state index >= 15 is 0 Å². The van der Waals surface area contributed by atoms with Gasteiger partial charge in [-0.2, -0.15) is 5.10 Å². The molecule has 3 rings (SSSR count). The first-order chi connectivity index (χ1) is 14.1. The van der Waals surface area contributed by atoms with E-state index in [0.29, 0.717) is 17.9 Å². The molecule has 0 saturated carbocycles. The summed E-state index contributed by atoms with van der Waals surface area (Å²) in [4.78, 5) is 12.4. The number of rotatable bonds is 8. The molecular weight excluding hydrogens is 432 g/mol. The normalized spacial score (nSPS) is 11.8. The molecule has 0 aromatic heterocycles. The monoisotopic (exact) mass is 452 g/mol. The minimum absolute atomic E-state index is 0.305. The average molecular weight is 453 g/mol. The molecule has 1 amide bonds. The van der Waals surface area contributed by atoms with Gasteiger partial charge in [0.25, 0.3) is 5.91 Å². The van der Waals surface area contributed by atoms with Crippen molar-refractivity contribution in [2.24, 2.45) is 5.10 Å². The Morgan fingerprint density at radius 2 is 1.72 bits per heavy atom. The van der Waals surface area contributed by atoms with Gasteiger partial charge in [-0.05, 0) is 54.4 Å². The van der Waals surface area contributed by atoms with Crippen molar-refractivity contribution in [2.75, 3.05) is 0 Å². The molecule has 0 aliphatic carbocycles. The van der Waals surface area contributed by atoms with Crippen molar-refractivity contribution in [2.45, 2.75) is 19.4 Å². The number of benzene rings is 3. The number of ether oxygens (including phenoxy) is 2. The van der Waals surface area contributed by atoms with Crippen LogP contribution in [-0.2, 0) is 4.79 Å². The zero-order valence-electron chi connectivity index (χ0n) is 15.9. The minimum atomic E-state index is -0.630. The van der Waals surface area contributed by atoms with Crippen molar-refractivity contribution in [1.29, 1.82) is 0 Å². The van der Waals surface area contributed by atoms with Crippen LogP contribution in [0, 0.1) is 0 Å². The number of carbonyl (C=O) groups is 1. The predicted octanol–water partition coefficient (Wildman–Crippen LogP) is 5.55. The molecule has 0 heterocycles. The molecule has 0 bridgehead atoms. The van der Waals surface area contributed by atoms with Crippen LogP contribution in [0.2, 0.25) is 0 Å². The molecule has 1 unspecified atom stereocenters. The van der Waals surface area contributed by atoms with Crippen LogP contribution in [0.3, 0.4) is 0 Å². The fraction of sp³-hybridized carbons (Fsp3) is 0.130. The standard InChI is InChI=1S/C23H21BrN2O3/c1-2-22(29-21-13-7-9-18(24)15-21)23(27)26-25-16-17-8-6-12-20(14-17)28-19-10-4-3-5-11-19/h3-16,22H,2H2,1H3,(H,26,27). The molecule has 0 spiro atoms. The number of hydrazone groups is 1. The van der Waals surface area contributed by atoms with Crippen LogP contribution in [0.4, 0.5) is 0 Å². The Hall–Kier alpha value is -3.12. The summed E-state index contributed by atoms with van der Waals surface area (Å²) in [5, 5.41) is 4.05. The Balaban J connectivity index is 1.58. The summed E-state index contributed by atoms with van der Waals surface area (Å²) in [6, 6.07) is 24.4. The molecule has 3 aromatic carbocycles. The Kier molecular flexibility index (Phi) is 7.41. The maximum absolute atomic E-state index is 12.4. The van der Waals surface area contributed by atoms with Gasteiger partial charge in [0.2, 0.25) is 0 Å². The van der Waals surface area contributed by atoms with E-state index in [2.05, 4.69) is 26.5 Å². The number of carbonyl (C=O) groups excluding carboxylic acids is 1. The number of para-hydroxylation sites is 1. The van der Waals surface area contributed by atoms with Crippen molar-refractivity contribution >= 4 is 28.1 Å². The number of amides is 1. The second kappa shape index (κ2) is 10.4. The first-order valence-electron chi connectivity index (χ1n) is 9.22. The van der Waals surface area contributed by atoms with Crippen molar-refractivity contribution in [3.8, 4) is 17.2 Å². The maximum atomic E-state index is 12.4. The Morgan fingerprint density at radius 1 is 1.00 bits per heavy atom. The third-order valence-corrected chi connectivity index (χ3v) is 4.46. The molecule has 29 heavy (non-hydrogen) atoms. The van der Waals surface area contributed by atoms with Crippen molar-refractivity contribution in [3.05, 3.63) is 88.9 Å².